The van der Waals surface area contributed by atoms with E-state index >= 15 is 0 Å². The zero-order chi connectivity index (χ0) is 20.4. The van der Waals surface area contributed by atoms with Gasteiger partial charge in [0.05, 0.1) is 18.9 Å². The molecule has 12 heteroatoms. The monoisotopic (exact) mass is 398 g/mol. The number of methoxy groups -OCH3 is 1. The zero-order valence-corrected chi connectivity index (χ0v) is 13.9. The molecule has 2 N–H and O–H groups in total. The van der Waals surface area contributed by atoms with Gasteiger partial charge in [-0.3, -0.25) is 0 Å². The molecule has 1 aromatic heterocycles. The lowest BCUT2D eigenvalue weighted by Gasteiger charge is -2.21. The number of rotatable bonds is 6. The Balaban J connectivity index is 2.72. The van der Waals surface area contributed by atoms with Crippen molar-refractivity contribution in [2.24, 2.45) is 0 Å². The maximum absolute atomic E-state index is 13.3. The Labute approximate surface area is 149 Å². The Bertz CT molecular complexity index is 732. The van der Waals surface area contributed by atoms with Gasteiger partial charge in [0, 0.05) is 13.2 Å². The van der Waals surface area contributed by atoms with E-state index in [2.05, 4.69) is 15.0 Å². The van der Waals surface area contributed by atoms with E-state index in [4.69, 9.17) is 4.74 Å². The highest BCUT2D eigenvalue weighted by atomic mass is 19.4. The van der Waals surface area contributed by atoms with Gasteiger partial charge in [-0.2, -0.15) is 13.2 Å². The summed E-state index contributed by atoms with van der Waals surface area (Å²) < 4.78 is 76.0. The summed E-state index contributed by atoms with van der Waals surface area (Å²) in [6.07, 6.45) is -8.19. The third-order valence-corrected chi connectivity index (χ3v) is 3.83. The van der Waals surface area contributed by atoms with Gasteiger partial charge in [0.15, 0.2) is 5.69 Å². The summed E-state index contributed by atoms with van der Waals surface area (Å²) in [6.45, 7) is 0.211. The molecule has 1 saturated heterocycles. The van der Waals surface area contributed by atoms with Crippen LogP contribution in [0.15, 0.2) is 0 Å². The quantitative estimate of drug-likeness (QED) is 0.561. The summed E-state index contributed by atoms with van der Waals surface area (Å²) in [5.41, 5.74) is -6.98. The Kier molecular flexibility index (Phi) is 6.19. The number of aromatic nitrogens is 1. The highest BCUT2D eigenvalue weighted by Crippen LogP contribution is 2.39. The molecule has 150 valence electrons. The van der Waals surface area contributed by atoms with Crippen LogP contribution in [-0.2, 0) is 15.7 Å². The minimum atomic E-state index is -5.34. The Morgan fingerprint density at radius 1 is 1.37 bits per heavy atom. The van der Waals surface area contributed by atoms with E-state index in [1.54, 1.807) is 0 Å². The molecule has 0 aliphatic carbocycles. The number of nitrogens with one attached hydrogen (secondary N) is 1. The first-order valence-electron chi connectivity index (χ1n) is 7.68. The van der Waals surface area contributed by atoms with Gasteiger partial charge in [-0.1, -0.05) is 0 Å². The largest absolute Gasteiger partial charge is 0.478 e. The summed E-state index contributed by atoms with van der Waals surface area (Å²) in [5, 5.41) is 11.6. The Hall–Kier alpha value is -2.50. The van der Waals surface area contributed by atoms with Crippen molar-refractivity contribution in [3.05, 3.63) is 22.5 Å². The fourth-order valence-corrected chi connectivity index (χ4v) is 2.68. The van der Waals surface area contributed by atoms with E-state index in [1.165, 1.54) is 0 Å². The van der Waals surface area contributed by atoms with Gasteiger partial charge in [-0.25, -0.2) is 23.4 Å². The zero-order valence-electron chi connectivity index (χ0n) is 13.9. The van der Waals surface area contributed by atoms with Crippen LogP contribution in [0.25, 0.3) is 0 Å². The normalized spacial score (nSPS) is 17.2. The third kappa shape index (κ3) is 4.43. The van der Waals surface area contributed by atoms with Crippen molar-refractivity contribution in [2.45, 2.75) is 31.5 Å². The number of carboxylic acid groups (broad SMARTS) is 1. The second kappa shape index (κ2) is 8.03. The fraction of sp³-hybridized carbons (Fsp3) is 0.533. The molecular formula is C15H15F5N2O5. The lowest BCUT2D eigenvalue weighted by Crippen LogP contribution is -2.26. The highest BCUT2D eigenvalue weighted by Gasteiger charge is 2.43. The topological polar surface area (TPSA) is 97.8 Å². The van der Waals surface area contributed by atoms with Crippen molar-refractivity contribution in [1.29, 1.82) is 0 Å². The first kappa shape index (κ1) is 20.8. The second-order valence-corrected chi connectivity index (χ2v) is 5.58. The number of esters is 1. The lowest BCUT2D eigenvalue weighted by atomic mass is 10.0. The molecule has 0 aromatic carbocycles. The molecule has 0 saturated carbocycles. The molecule has 0 radical (unpaired) electrons. The molecule has 0 bridgehead atoms. The molecule has 1 aromatic rings. The van der Waals surface area contributed by atoms with Gasteiger partial charge in [-0.05, 0) is 12.8 Å². The summed E-state index contributed by atoms with van der Waals surface area (Å²) in [6, 6.07) is 0. The van der Waals surface area contributed by atoms with Crippen LogP contribution in [0.3, 0.4) is 0 Å². The molecule has 7 nitrogen and oxygen atoms in total. The molecule has 0 spiro atoms. The van der Waals surface area contributed by atoms with Crippen LogP contribution in [0.5, 0.6) is 0 Å². The van der Waals surface area contributed by atoms with Crippen LogP contribution >= 0.6 is 0 Å². The SMILES string of the molecule is COC(=O)c1c(C(F)F)nc(C(F)(F)F)c(C(=O)O)c1NCC1CCCO1. The average Bonchev–Trinajstić information content (AvgIpc) is 3.10. The molecule has 1 atom stereocenters. The van der Waals surface area contributed by atoms with E-state index in [1.807, 2.05) is 0 Å². The van der Waals surface area contributed by atoms with E-state index in [0.29, 0.717) is 19.4 Å². The number of anilines is 1. The highest BCUT2D eigenvalue weighted by molar-refractivity contribution is 6.05. The van der Waals surface area contributed by atoms with E-state index < -0.39 is 58.8 Å². The van der Waals surface area contributed by atoms with Crippen LogP contribution in [0.4, 0.5) is 27.6 Å². The minimum absolute atomic E-state index is 0.186. The van der Waals surface area contributed by atoms with Gasteiger partial charge < -0.3 is 19.9 Å². The van der Waals surface area contributed by atoms with Crippen LogP contribution in [0.2, 0.25) is 0 Å². The number of nitrogens with zero attached hydrogens (tertiary/aromatic N) is 1. The number of carbonyl (C=O) groups is 2. The standard InChI is InChI=1S/C15H15F5N2O5/c1-26-14(25)7-9(21-5-6-3-2-4-27-6)8(13(23)24)11(15(18,19)20)22-10(7)12(16)17/h6,12H,2-5H2,1H3,(H,21,22)(H,23,24). The van der Waals surface area contributed by atoms with Crippen molar-refractivity contribution in [1.82, 2.24) is 4.98 Å². The summed E-state index contributed by atoms with van der Waals surface area (Å²) in [5.74, 6) is -3.53. The Morgan fingerprint density at radius 3 is 2.48 bits per heavy atom. The molecule has 2 rings (SSSR count). The first-order valence-corrected chi connectivity index (χ1v) is 7.68. The average molecular weight is 398 g/mol. The van der Waals surface area contributed by atoms with E-state index in [9.17, 15) is 36.6 Å². The molecule has 1 fully saturated rings. The lowest BCUT2D eigenvalue weighted by molar-refractivity contribution is -0.142. The van der Waals surface area contributed by atoms with E-state index in [0.717, 1.165) is 7.11 Å². The second-order valence-electron chi connectivity index (χ2n) is 5.58. The Morgan fingerprint density at radius 2 is 2.04 bits per heavy atom. The number of pyridine rings is 1. The number of carboxylic acids is 1. The predicted molar refractivity (Wildman–Crippen MR) is 80.0 cm³/mol. The number of alkyl halides is 5. The van der Waals surface area contributed by atoms with Gasteiger partial charge in [0.25, 0.3) is 6.43 Å². The number of ether oxygens (including phenoxy) is 2. The number of hydrogen-bond donors (Lipinski definition) is 2. The van der Waals surface area contributed by atoms with Crippen LogP contribution in [0, 0.1) is 0 Å². The van der Waals surface area contributed by atoms with Crippen molar-refractivity contribution >= 4 is 17.6 Å². The molecule has 27 heavy (non-hydrogen) atoms. The molecule has 2 heterocycles. The summed E-state index contributed by atoms with van der Waals surface area (Å²) >= 11 is 0. The molecular weight excluding hydrogens is 383 g/mol. The van der Waals surface area contributed by atoms with Gasteiger partial charge in [0.1, 0.15) is 16.8 Å². The maximum atomic E-state index is 13.3. The first-order chi connectivity index (χ1) is 12.6. The number of hydrogen-bond acceptors (Lipinski definition) is 6. The van der Waals surface area contributed by atoms with Crippen molar-refractivity contribution in [3.8, 4) is 0 Å². The fourth-order valence-electron chi connectivity index (χ4n) is 2.68. The molecule has 1 aliphatic heterocycles. The van der Waals surface area contributed by atoms with Crippen LogP contribution in [-0.4, -0.2) is 48.4 Å². The van der Waals surface area contributed by atoms with Gasteiger partial charge >= 0.3 is 18.1 Å². The summed E-state index contributed by atoms with van der Waals surface area (Å²) in [4.78, 5) is 26.2. The number of aromatic carboxylic acids is 1. The molecule has 1 unspecified atom stereocenters. The van der Waals surface area contributed by atoms with Crippen molar-refractivity contribution in [2.75, 3.05) is 25.6 Å². The van der Waals surface area contributed by atoms with Gasteiger partial charge in [-0.15, -0.1) is 0 Å². The maximum Gasteiger partial charge on any atom is 0.434 e. The van der Waals surface area contributed by atoms with Crippen LogP contribution in [0.1, 0.15) is 51.4 Å². The predicted octanol–water partition coefficient (Wildman–Crippen LogP) is 3.11. The molecule has 1 aliphatic rings. The number of carbonyl (C=O) groups excluding carboxylic acids is 1. The minimum Gasteiger partial charge on any atom is -0.478 e. The van der Waals surface area contributed by atoms with Crippen molar-refractivity contribution < 1.29 is 46.1 Å². The summed E-state index contributed by atoms with van der Waals surface area (Å²) in [7, 11) is 0.819. The van der Waals surface area contributed by atoms with Crippen molar-refractivity contribution in [3.63, 3.8) is 0 Å². The van der Waals surface area contributed by atoms with Gasteiger partial charge in [0.2, 0.25) is 0 Å². The number of halogens is 5. The van der Waals surface area contributed by atoms with E-state index in [-0.39, 0.29) is 6.54 Å². The van der Waals surface area contributed by atoms with Crippen LogP contribution < -0.4 is 5.32 Å². The smallest absolute Gasteiger partial charge is 0.434 e. The third-order valence-electron chi connectivity index (χ3n) is 3.83. The molecule has 0 amide bonds.